The number of hydrogen-bond donors (Lipinski definition) is 6. The smallest absolute Gasteiger partial charge is 0.326 e. The molecule has 0 aliphatic carbocycles. The van der Waals surface area contributed by atoms with Gasteiger partial charge in [-0.05, 0) is 24.8 Å². The fourth-order valence-electron chi connectivity index (χ4n) is 2.80. The molecule has 9 N–H and O–H groups in total. The lowest BCUT2D eigenvalue weighted by atomic mass is 10.0. The second-order valence-electron chi connectivity index (χ2n) is 7.27. The van der Waals surface area contributed by atoms with E-state index >= 15 is 0 Å². The Labute approximate surface area is 189 Å². The van der Waals surface area contributed by atoms with Crippen LogP contribution in [0.25, 0.3) is 0 Å². The third-order valence-electron chi connectivity index (χ3n) is 4.53. The van der Waals surface area contributed by atoms with Gasteiger partial charge in [0.2, 0.25) is 11.8 Å². The van der Waals surface area contributed by atoms with Gasteiger partial charge >= 0.3 is 5.97 Å². The summed E-state index contributed by atoms with van der Waals surface area (Å²) in [5, 5.41) is 14.5. The van der Waals surface area contributed by atoms with E-state index < -0.39 is 46.7 Å². The minimum Gasteiger partial charge on any atom is -0.480 e. The fraction of sp³-hybridized carbons (Fsp3) is 0.500. The normalized spacial score (nSPS) is 14.4. The number of nitrogens with two attached hydrogens (primary N) is 3. The van der Waals surface area contributed by atoms with Crippen molar-refractivity contribution >= 4 is 34.5 Å². The molecule has 4 atom stereocenters. The van der Waals surface area contributed by atoms with Gasteiger partial charge in [0.15, 0.2) is 5.96 Å². The molecule has 11 nitrogen and oxygen atoms in total. The van der Waals surface area contributed by atoms with Crippen LogP contribution in [0.4, 0.5) is 0 Å². The molecule has 0 bridgehead atoms. The summed E-state index contributed by atoms with van der Waals surface area (Å²) in [5.41, 5.74) is 17.1. The van der Waals surface area contributed by atoms with E-state index in [4.69, 9.17) is 17.2 Å². The highest BCUT2D eigenvalue weighted by Crippen LogP contribution is 2.06. The highest BCUT2D eigenvalue weighted by atomic mass is 32.2. The van der Waals surface area contributed by atoms with Gasteiger partial charge in [0.25, 0.3) is 0 Å². The molecule has 0 saturated carbocycles. The molecule has 2 amide bonds. The zero-order valence-electron chi connectivity index (χ0n) is 18.0. The van der Waals surface area contributed by atoms with E-state index in [0.717, 1.165) is 5.56 Å². The second-order valence-corrected chi connectivity index (χ2v) is 8.83. The molecule has 0 aliphatic rings. The summed E-state index contributed by atoms with van der Waals surface area (Å²) in [4.78, 5) is 40.7. The summed E-state index contributed by atoms with van der Waals surface area (Å²) in [6, 6.07) is 5.81. The number of nitrogens with one attached hydrogen (secondary N) is 2. The molecule has 1 aromatic carbocycles. The van der Waals surface area contributed by atoms with Gasteiger partial charge in [0.1, 0.15) is 12.1 Å². The summed E-state index contributed by atoms with van der Waals surface area (Å²) in [6.07, 6.45) is 2.29. The Bertz CT molecular complexity index is 816. The Morgan fingerprint density at radius 1 is 1.06 bits per heavy atom. The number of carbonyl (C=O) groups excluding carboxylic acids is 2. The van der Waals surface area contributed by atoms with Crippen molar-refractivity contribution in [2.24, 2.45) is 22.2 Å². The summed E-state index contributed by atoms with van der Waals surface area (Å²) in [5.74, 6) is -2.29. The summed E-state index contributed by atoms with van der Waals surface area (Å²) < 4.78 is 11.3. The van der Waals surface area contributed by atoms with Gasteiger partial charge in [-0.3, -0.25) is 18.8 Å². The van der Waals surface area contributed by atoms with Crippen molar-refractivity contribution in [2.45, 2.75) is 43.8 Å². The van der Waals surface area contributed by atoms with Gasteiger partial charge in [-0.25, -0.2) is 4.79 Å². The average molecular weight is 469 g/mol. The highest BCUT2D eigenvalue weighted by molar-refractivity contribution is 7.84. The average Bonchev–Trinajstić information content (AvgIpc) is 2.73. The van der Waals surface area contributed by atoms with Crippen LogP contribution in [-0.4, -0.2) is 69.7 Å². The topological polar surface area (TPSA) is 203 Å². The Morgan fingerprint density at radius 3 is 2.25 bits per heavy atom. The monoisotopic (exact) mass is 468 g/mol. The van der Waals surface area contributed by atoms with Crippen LogP contribution in [0, 0.1) is 0 Å². The molecule has 32 heavy (non-hydrogen) atoms. The number of benzene rings is 1. The maximum atomic E-state index is 12.9. The molecule has 0 saturated heterocycles. The summed E-state index contributed by atoms with van der Waals surface area (Å²) in [6.45, 7) is 0.222. The van der Waals surface area contributed by atoms with Crippen molar-refractivity contribution in [3.8, 4) is 0 Å². The number of nitrogens with zero attached hydrogens (tertiary/aromatic N) is 1. The molecule has 0 radical (unpaired) electrons. The molecule has 1 rings (SSSR count). The highest BCUT2D eigenvalue weighted by Gasteiger charge is 2.28. The number of aliphatic carboxylic acids is 1. The first-order valence-electron chi connectivity index (χ1n) is 10.1. The first-order chi connectivity index (χ1) is 15.1. The van der Waals surface area contributed by atoms with Gasteiger partial charge in [-0.2, -0.15) is 0 Å². The molecule has 0 spiro atoms. The van der Waals surface area contributed by atoms with E-state index in [1.807, 2.05) is 6.07 Å². The summed E-state index contributed by atoms with van der Waals surface area (Å²) >= 11 is 0. The maximum absolute atomic E-state index is 12.9. The van der Waals surface area contributed by atoms with Crippen LogP contribution in [0.2, 0.25) is 0 Å². The predicted molar refractivity (Wildman–Crippen MR) is 123 cm³/mol. The molecule has 178 valence electrons. The number of carboxylic acids is 1. The number of hydrogen-bond acceptors (Lipinski definition) is 6. The molecular weight excluding hydrogens is 436 g/mol. The van der Waals surface area contributed by atoms with Crippen LogP contribution in [0.5, 0.6) is 0 Å². The van der Waals surface area contributed by atoms with E-state index in [1.165, 1.54) is 6.26 Å². The number of aliphatic imine (C=N–C) groups is 1. The van der Waals surface area contributed by atoms with Crippen molar-refractivity contribution in [1.82, 2.24) is 10.6 Å². The molecule has 0 aromatic heterocycles. The number of carbonyl (C=O) groups is 3. The minimum atomic E-state index is -1.21. The van der Waals surface area contributed by atoms with Gasteiger partial charge in [0, 0.05) is 35.8 Å². The molecular formula is C20H32N6O5S. The van der Waals surface area contributed by atoms with Crippen LogP contribution < -0.4 is 27.8 Å². The quantitative estimate of drug-likeness (QED) is 0.107. The Hall–Kier alpha value is -2.99. The standard InChI is InChI=1S/C20H32N6O5S/c1-32(31)11-9-14(21)17(27)26-16(12-13-6-3-2-4-7-13)18(28)25-15(19(29)30)8-5-10-24-20(22)23/h2-4,6-7,14-16H,5,8-12,21H2,1H3,(H,25,28)(H,26,27)(H,29,30)(H4,22,23,24). The van der Waals surface area contributed by atoms with Crippen molar-refractivity contribution in [3.05, 3.63) is 35.9 Å². The first-order valence-corrected chi connectivity index (χ1v) is 11.8. The minimum absolute atomic E-state index is 0.102. The molecule has 12 heteroatoms. The fourth-order valence-corrected chi connectivity index (χ4v) is 3.38. The molecule has 1 aromatic rings. The Balaban J connectivity index is 2.87. The van der Waals surface area contributed by atoms with Crippen molar-refractivity contribution in [2.75, 3.05) is 18.6 Å². The van der Waals surface area contributed by atoms with Gasteiger partial charge in [-0.1, -0.05) is 30.3 Å². The van der Waals surface area contributed by atoms with Crippen molar-refractivity contribution < 1.29 is 23.7 Å². The molecule has 0 fully saturated rings. The lowest BCUT2D eigenvalue weighted by molar-refractivity contribution is -0.142. The third kappa shape index (κ3) is 10.9. The lowest BCUT2D eigenvalue weighted by Crippen LogP contribution is -2.55. The van der Waals surface area contributed by atoms with E-state index in [0.29, 0.717) is 6.42 Å². The third-order valence-corrected chi connectivity index (χ3v) is 5.34. The Morgan fingerprint density at radius 2 is 1.69 bits per heavy atom. The van der Waals surface area contributed by atoms with E-state index in [2.05, 4.69) is 15.6 Å². The van der Waals surface area contributed by atoms with Gasteiger partial charge in [-0.15, -0.1) is 0 Å². The van der Waals surface area contributed by atoms with Crippen molar-refractivity contribution in [3.63, 3.8) is 0 Å². The van der Waals surface area contributed by atoms with Crippen LogP contribution in [0.3, 0.4) is 0 Å². The van der Waals surface area contributed by atoms with E-state index in [1.54, 1.807) is 24.3 Å². The lowest BCUT2D eigenvalue weighted by Gasteiger charge is -2.23. The summed E-state index contributed by atoms with van der Waals surface area (Å²) in [7, 11) is -1.11. The Kier molecular flexibility index (Phi) is 12.0. The van der Waals surface area contributed by atoms with Crippen molar-refractivity contribution in [1.29, 1.82) is 0 Å². The van der Waals surface area contributed by atoms with Crippen LogP contribution in [0.15, 0.2) is 35.3 Å². The van der Waals surface area contributed by atoms with Crippen LogP contribution >= 0.6 is 0 Å². The number of amides is 2. The van der Waals surface area contributed by atoms with E-state index in [-0.39, 0.29) is 37.5 Å². The van der Waals surface area contributed by atoms with Gasteiger partial charge in [0.05, 0.1) is 6.04 Å². The van der Waals surface area contributed by atoms with Crippen LogP contribution in [0.1, 0.15) is 24.8 Å². The molecule has 4 unspecified atom stereocenters. The number of carboxylic acid groups (broad SMARTS) is 1. The number of guanidine groups is 1. The predicted octanol–water partition coefficient (Wildman–Crippen LogP) is -1.57. The SMILES string of the molecule is CS(=O)CCC(N)C(=O)NC(Cc1ccccc1)C(=O)NC(CCCN=C(N)N)C(=O)O. The van der Waals surface area contributed by atoms with Gasteiger partial charge < -0.3 is 32.9 Å². The van der Waals surface area contributed by atoms with Crippen LogP contribution in [-0.2, 0) is 31.6 Å². The maximum Gasteiger partial charge on any atom is 0.326 e. The first kappa shape index (κ1) is 27.0. The zero-order valence-corrected chi connectivity index (χ0v) is 18.8. The molecule has 0 aliphatic heterocycles. The molecule has 0 heterocycles. The second kappa shape index (κ2) is 14.1. The van der Waals surface area contributed by atoms with E-state index in [9.17, 15) is 23.7 Å². The zero-order chi connectivity index (χ0) is 24.1. The largest absolute Gasteiger partial charge is 0.480 e. The number of rotatable bonds is 14.